The highest BCUT2D eigenvalue weighted by atomic mass is 16.5. The molecule has 8 nitrogen and oxygen atoms in total. The van der Waals surface area contributed by atoms with Crippen LogP contribution in [-0.2, 0) is 30.4 Å². The number of benzene rings is 1. The first-order chi connectivity index (χ1) is 13.5. The molecule has 0 radical (unpaired) electrons. The molecule has 1 heterocycles. The molecule has 2 aromatic rings. The van der Waals surface area contributed by atoms with Gasteiger partial charge in [0.1, 0.15) is 12.4 Å². The van der Waals surface area contributed by atoms with Crippen LogP contribution in [0.1, 0.15) is 29.9 Å². The zero-order valence-electron chi connectivity index (χ0n) is 15.7. The second kappa shape index (κ2) is 10.7. The Morgan fingerprint density at radius 3 is 2.25 bits per heavy atom. The number of rotatable bonds is 8. The van der Waals surface area contributed by atoms with E-state index in [1.165, 1.54) is 20.4 Å². The van der Waals surface area contributed by atoms with E-state index in [0.29, 0.717) is 5.56 Å². The van der Waals surface area contributed by atoms with Gasteiger partial charge < -0.3 is 14.2 Å². The lowest BCUT2D eigenvalue weighted by Crippen LogP contribution is -2.16. The van der Waals surface area contributed by atoms with E-state index in [-0.39, 0.29) is 25.3 Å². The molecule has 1 aromatic heterocycles. The summed E-state index contributed by atoms with van der Waals surface area (Å²) in [6.45, 7) is 0.125. The van der Waals surface area contributed by atoms with Crippen molar-refractivity contribution in [3.8, 4) is 0 Å². The van der Waals surface area contributed by atoms with E-state index in [1.807, 2.05) is 30.3 Å². The van der Waals surface area contributed by atoms with Crippen LogP contribution in [0, 0.1) is 0 Å². The number of nitrogens with one attached hydrogen (secondary N) is 1. The number of aromatic nitrogens is 1. The number of anilines is 1. The lowest BCUT2D eigenvalue weighted by molar-refractivity contribution is -0.143. The Kier molecular flexibility index (Phi) is 7.95. The van der Waals surface area contributed by atoms with Gasteiger partial charge in [0.05, 0.1) is 27.1 Å². The molecule has 0 aliphatic carbocycles. The van der Waals surface area contributed by atoms with Gasteiger partial charge in [-0.1, -0.05) is 30.3 Å². The van der Waals surface area contributed by atoms with Gasteiger partial charge in [-0.05, 0) is 23.3 Å². The molecule has 0 spiro atoms. The monoisotopic (exact) mass is 386 g/mol. The number of pyridine rings is 1. The average Bonchev–Trinajstić information content (AvgIpc) is 2.72. The van der Waals surface area contributed by atoms with Crippen molar-refractivity contribution in [2.45, 2.75) is 25.4 Å². The normalized spacial score (nSPS) is 10.2. The standard InChI is InChI=1S/C20H22N2O6/c1-26-18(23)11-16(12-19(24)27-2)15-8-9-21-17(10-15)22-20(25)28-13-14-6-4-3-5-7-14/h3-10,16H,11-13H2,1-2H3,(H,21,22,25). The Morgan fingerprint density at radius 1 is 1.00 bits per heavy atom. The number of carbonyl (C=O) groups is 3. The van der Waals surface area contributed by atoms with Crippen molar-refractivity contribution < 1.29 is 28.6 Å². The lowest BCUT2D eigenvalue weighted by atomic mass is 9.93. The Morgan fingerprint density at radius 2 is 1.64 bits per heavy atom. The summed E-state index contributed by atoms with van der Waals surface area (Å²) in [6, 6.07) is 12.5. The molecule has 1 aromatic carbocycles. The molecular weight excluding hydrogens is 364 g/mol. The molecular formula is C20H22N2O6. The lowest BCUT2D eigenvalue weighted by Gasteiger charge is -2.16. The van der Waals surface area contributed by atoms with Crippen LogP contribution in [0.25, 0.3) is 0 Å². The van der Waals surface area contributed by atoms with Crippen molar-refractivity contribution in [2.24, 2.45) is 0 Å². The average molecular weight is 386 g/mol. The molecule has 0 atom stereocenters. The number of esters is 2. The third kappa shape index (κ3) is 6.71. The van der Waals surface area contributed by atoms with Crippen LogP contribution in [0.2, 0.25) is 0 Å². The second-order valence-corrected chi connectivity index (χ2v) is 5.92. The number of methoxy groups -OCH3 is 2. The van der Waals surface area contributed by atoms with E-state index in [2.05, 4.69) is 19.8 Å². The zero-order valence-corrected chi connectivity index (χ0v) is 15.7. The first-order valence-corrected chi connectivity index (χ1v) is 8.59. The molecule has 0 unspecified atom stereocenters. The smallest absolute Gasteiger partial charge is 0.413 e. The summed E-state index contributed by atoms with van der Waals surface area (Å²) >= 11 is 0. The summed E-state index contributed by atoms with van der Waals surface area (Å²) in [4.78, 5) is 39.4. The summed E-state index contributed by atoms with van der Waals surface area (Å²) in [5.74, 6) is -1.14. The molecule has 8 heteroatoms. The van der Waals surface area contributed by atoms with Crippen molar-refractivity contribution in [3.05, 3.63) is 59.8 Å². The van der Waals surface area contributed by atoms with Crippen molar-refractivity contribution in [1.29, 1.82) is 0 Å². The van der Waals surface area contributed by atoms with Crippen LogP contribution >= 0.6 is 0 Å². The molecule has 0 bridgehead atoms. The molecule has 1 N–H and O–H groups in total. The van der Waals surface area contributed by atoms with Gasteiger partial charge in [0.25, 0.3) is 0 Å². The minimum absolute atomic E-state index is 0.00644. The van der Waals surface area contributed by atoms with Gasteiger partial charge in [0.15, 0.2) is 0 Å². The minimum Gasteiger partial charge on any atom is -0.469 e. The van der Waals surface area contributed by atoms with Crippen LogP contribution in [-0.4, -0.2) is 37.2 Å². The fourth-order valence-corrected chi connectivity index (χ4v) is 2.51. The van der Waals surface area contributed by atoms with Crippen LogP contribution < -0.4 is 5.32 Å². The summed E-state index contributed by atoms with van der Waals surface area (Å²) < 4.78 is 14.5. The molecule has 28 heavy (non-hydrogen) atoms. The van der Waals surface area contributed by atoms with E-state index in [9.17, 15) is 14.4 Å². The molecule has 2 rings (SSSR count). The Bertz CT molecular complexity index is 791. The highest BCUT2D eigenvalue weighted by Crippen LogP contribution is 2.26. The maximum absolute atomic E-state index is 12.0. The Hall–Kier alpha value is -3.42. The third-order valence-corrected chi connectivity index (χ3v) is 3.98. The van der Waals surface area contributed by atoms with Gasteiger partial charge in [-0.15, -0.1) is 0 Å². The predicted octanol–water partition coefficient (Wildman–Crippen LogP) is 3.04. The van der Waals surface area contributed by atoms with E-state index in [4.69, 9.17) is 4.74 Å². The fraction of sp³-hybridized carbons (Fsp3) is 0.300. The molecule has 0 aliphatic rings. The molecule has 0 aliphatic heterocycles. The first-order valence-electron chi connectivity index (χ1n) is 8.59. The molecule has 0 saturated heterocycles. The van der Waals surface area contributed by atoms with E-state index in [0.717, 1.165) is 5.56 Å². The van der Waals surface area contributed by atoms with Gasteiger partial charge in [0.2, 0.25) is 0 Å². The van der Waals surface area contributed by atoms with Gasteiger partial charge in [-0.2, -0.15) is 0 Å². The summed E-state index contributed by atoms with van der Waals surface area (Å²) in [6.07, 6.45) is 0.802. The number of nitrogens with zero attached hydrogens (tertiary/aromatic N) is 1. The summed E-state index contributed by atoms with van der Waals surface area (Å²) in [7, 11) is 2.56. The quantitative estimate of drug-likeness (QED) is 0.549. The van der Waals surface area contributed by atoms with Crippen LogP contribution in [0.3, 0.4) is 0 Å². The van der Waals surface area contributed by atoms with Crippen LogP contribution in [0.5, 0.6) is 0 Å². The highest BCUT2D eigenvalue weighted by Gasteiger charge is 2.21. The number of hydrogen-bond acceptors (Lipinski definition) is 7. The maximum Gasteiger partial charge on any atom is 0.413 e. The summed E-state index contributed by atoms with van der Waals surface area (Å²) in [5, 5.41) is 2.54. The number of carbonyl (C=O) groups excluding carboxylic acids is 3. The van der Waals surface area contributed by atoms with Crippen molar-refractivity contribution >= 4 is 23.8 Å². The van der Waals surface area contributed by atoms with Crippen molar-refractivity contribution in [1.82, 2.24) is 4.98 Å². The number of amides is 1. The van der Waals surface area contributed by atoms with Gasteiger partial charge in [-0.3, -0.25) is 14.9 Å². The van der Waals surface area contributed by atoms with Crippen molar-refractivity contribution in [2.75, 3.05) is 19.5 Å². The molecule has 148 valence electrons. The van der Waals surface area contributed by atoms with E-state index >= 15 is 0 Å². The zero-order chi connectivity index (χ0) is 20.4. The van der Waals surface area contributed by atoms with Crippen molar-refractivity contribution in [3.63, 3.8) is 0 Å². The van der Waals surface area contributed by atoms with Gasteiger partial charge in [0, 0.05) is 12.1 Å². The first kappa shape index (κ1) is 20.9. The van der Waals surface area contributed by atoms with Gasteiger partial charge >= 0.3 is 18.0 Å². The van der Waals surface area contributed by atoms with E-state index < -0.39 is 23.9 Å². The predicted molar refractivity (Wildman–Crippen MR) is 100 cm³/mol. The minimum atomic E-state index is -0.661. The second-order valence-electron chi connectivity index (χ2n) is 5.92. The third-order valence-electron chi connectivity index (χ3n) is 3.98. The molecule has 0 fully saturated rings. The Labute approximate surface area is 162 Å². The number of hydrogen-bond donors (Lipinski definition) is 1. The summed E-state index contributed by atoms with van der Waals surface area (Å²) in [5.41, 5.74) is 1.50. The largest absolute Gasteiger partial charge is 0.469 e. The Balaban J connectivity index is 2.04. The molecule has 0 saturated carbocycles. The highest BCUT2D eigenvalue weighted by molar-refractivity contribution is 5.83. The number of ether oxygens (including phenoxy) is 3. The van der Waals surface area contributed by atoms with Crippen LogP contribution in [0.4, 0.5) is 10.6 Å². The topological polar surface area (TPSA) is 104 Å². The maximum atomic E-state index is 12.0. The van der Waals surface area contributed by atoms with E-state index in [1.54, 1.807) is 12.1 Å². The fourth-order valence-electron chi connectivity index (χ4n) is 2.51. The molecule has 1 amide bonds. The SMILES string of the molecule is COC(=O)CC(CC(=O)OC)c1ccnc(NC(=O)OCc2ccccc2)c1. The van der Waals surface area contributed by atoms with Crippen LogP contribution in [0.15, 0.2) is 48.7 Å². The van der Waals surface area contributed by atoms with Gasteiger partial charge in [-0.25, -0.2) is 9.78 Å².